The molecule has 0 bridgehead atoms. The maximum Gasteiger partial charge on any atom is 0.228 e. The molecule has 3 N–H and O–H groups in total. The lowest BCUT2D eigenvalue weighted by Gasteiger charge is -2.15. The number of anilines is 1. The van der Waals surface area contributed by atoms with Crippen molar-refractivity contribution in [2.45, 2.75) is 26.7 Å². The molecule has 0 saturated carbocycles. The fraction of sp³-hybridized carbons (Fsp3) is 0.462. The second-order valence-corrected chi connectivity index (χ2v) is 4.37. The molecule has 0 fully saturated rings. The van der Waals surface area contributed by atoms with Crippen molar-refractivity contribution in [3.8, 4) is 0 Å². The summed E-state index contributed by atoms with van der Waals surface area (Å²) in [5, 5.41) is 2.92. The highest BCUT2D eigenvalue weighted by molar-refractivity contribution is 5.93. The predicted octanol–water partition coefficient (Wildman–Crippen LogP) is 2.34. The molecule has 3 heteroatoms. The largest absolute Gasteiger partial charge is 0.330 e. The van der Waals surface area contributed by atoms with Crippen LogP contribution in [0.15, 0.2) is 24.3 Å². The van der Waals surface area contributed by atoms with Gasteiger partial charge in [-0.15, -0.1) is 0 Å². The molecule has 0 aromatic heterocycles. The van der Waals surface area contributed by atoms with E-state index in [2.05, 4.69) is 19.2 Å². The van der Waals surface area contributed by atoms with Crippen LogP contribution in [0.1, 0.15) is 32.3 Å². The average Bonchev–Trinajstić information content (AvgIpc) is 2.28. The number of nitrogens with one attached hydrogen (secondary N) is 1. The van der Waals surface area contributed by atoms with Crippen LogP contribution in [-0.4, -0.2) is 12.5 Å². The van der Waals surface area contributed by atoms with Gasteiger partial charge in [0, 0.05) is 18.2 Å². The molecule has 1 unspecified atom stereocenters. The normalized spacial score (nSPS) is 12.6. The van der Waals surface area contributed by atoms with E-state index < -0.39 is 0 Å². The smallest absolute Gasteiger partial charge is 0.228 e. The molecule has 1 amide bonds. The van der Waals surface area contributed by atoms with Gasteiger partial charge >= 0.3 is 0 Å². The Balaban J connectivity index is 2.84. The molecule has 0 aliphatic rings. The summed E-state index contributed by atoms with van der Waals surface area (Å²) >= 11 is 0. The van der Waals surface area contributed by atoms with E-state index in [0.717, 1.165) is 11.3 Å². The van der Waals surface area contributed by atoms with Crippen molar-refractivity contribution in [3.63, 3.8) is 0 Å². The lowest BCUT2D eigenvalue weighted by molar-refractivity contribution is -0.119. The minimum atomic E-state index is -0.153. The first-order valence-corrected chi connectivity index (χ1v) is 5.66. The summed E-state index contributed by atoms with van der Waals surface area (Å²) < 4.78 is 0. The van der Waals surface area contributed by atoms with Gasteiger partial charge in [-0.25, -0.2) is 0 Å². The molecule has 0 aliphatic carbocycles. The fourth-order valence-electron chi connectivity index (χ4n) is 1.48. The van der Waals surface area contributed by atoms with E-state index in [1.807, 2.05) is 31.2 Å². The van der Waals surface area contributed by atoms with E-state index in [4.69, 9.17) is 5.73 Å². The Morgan fingerprint density at radius 2 is 1.94 bits per heavy atom. The molecule has 16 heavy (non-hydrogen) atoms. The molecule has 1 aromatic carbocycles. The van der Waals surface area contributed by atoms with Crippen molar-refractivity contribution in [2.75, 3.05) is 11.9 Å². The number of nitrogens with two attached hydrogens (primary N) is 1. The first-order chi connectivity index (χ1) is 7.56. The van der Waals surface area contributed by atoms with E-state index in [-0.39, 0.29) is 11.8 Å². The summed E-state index contributed by atoms with van der Waals surface area (Å²) in [5.41, 5.74) is 7.51. The van der Waals surface area contributed by atoms with Crippen LogP contribution in [-0.2, 0) is 4.79 Å². The van der Waals surface area contributed by atoms with Gasteiger partial charge in [-0.3, -0.25) is 4.79 Å². The third-order valence-electron chi connectivity index (χ3n) is 2.64. The Morgan fingerprint density at radius 3 is 2.50 bits per heavy atom. The topological polar surface area (TPSA) is 55.1 Å². The first-order valence-electron chi connectivity index (χ1n) is 5.66. The zero-order chi connectivity index (χ0) is 12.1. The lowest BCUT2D eigenvalue weighted by Crippen LogP contribution is -2.27. The van der Waals surface area contributed by atoms with Crippen molar-refractivity contribution >= 4 is 11.6 Å². The van der Waals surface area contributed by atoms with Crippen LogP contribution in [0, 0.1) is 5.92 Å². The Labute approximate surface area is 97.0 Å². The highest BCUT2D eigenvalue weighted by Gasteiger charge is 2.13. The second kappa shape index (κ2) is 5.66. The van der Waals surface area contributed by atoms with Crippen LogP contribution in [0.25, 0.3) is 0 Å². The quantitative estimate of drug-likeness (QED) is 0.818. The van der Waals surface area contributed by atoms with Gasteiger partial charge in [-0.1, -0.05) is 39.0 Å². The predicted molar refractivity (Wildman–Crippen MR) is 67.4 cm³/mol. The maximum atomic E-state index is 11.7. The number of benzene rings is 1. The van der Waals surface area contributed by atoms with Gasteiger partial charge in [0.05, 0.1) is 0 Å². The molecule has 0 heterocycles. The average molecular weight is 220 g/mol. The monoisotopic (exact) mass is 220 g/mol. The molecule has 0 saturated heterocycles. The number of hydrogen-bond acceptors (Lipinski definition) is 2. The Hall–Kier alpha value is -1.35. The number of amides is 1. The fourth-order valence-corrected chi connectivity index (χ4v) is 1.48. The lowest BCUT2D eigenvalue weighted by atomic mass is 10.0. The molecule has 0 aliphatic heterocycles. The van der Waals surface area contributed by atoms with Crippen molar-refractivity contribution in [1.29, 1.82) is 0 Å². The molecule has 88 valence electrons. The van der Waals surface area contributed by atoms with E-state index in [0.29, 0.717) is 12.5 Å². The SMILES string of the molecule is CC(CN)C(=O)Nc1ccccc1C(C)C. The minimum Gasteiger partial charge on any atom is -0.330 e. The Morgan fingerprint density at radius 1 is 1.31 bits per heavy atom. The van der Waals surface area contributed by atoms with Crippen molar-refractivity contribution in [2.24, 2.45) is 11.7 Å². The van der Waals surface area contributed by atoms with Gasteiger partial charge < -0.3 is 11.1 Å². The number of para-hydroxylation sites is 1. The van der Waals surface area contributed by atoms with E-state index in [1.54, 1.807) is 0 Å². The zero-order valence-corrected chi connectivity index (χ0v) is 10.2. The van der Waals surface area contributed by atoms with Crippen LogP contribution in [0.4, 0.5) is 5.69 Å². The third kappa shape index (κ3) is 3.07. The van der Waals surface area contributed by atoms with Crippen LogP contribution in [0.3, 0.4) is 0 Å². The van der Waals surface area contributed by atoms with Crippen molar-refractivity contribution in [1.82, 2.24) is 0 Å². The molecule has 1 atom stereocenters. The summed E-state index contributed by atoms with van der Waals surface area (Å²) in [4.78, 5) is 11.7. The van der Waals surface area contributed by atoms with E-state index in [9.17, 15) is 4.79 Å². The van der Waals surface area contributed by atoms with Gasteiger partial charge in [0.15, 0.2) is 0 Å². The van der Waals surface area contributed by atoms with Gasteiger partial charge in [-0.2, -0.15) is 0 Å². The van der Waals surface area contributed by atoms with Gasteiger partial charge in [-0.05, 0) is 17.5 Å². The van der Waals surface area contributed by atoms with Crippen LogP contribution >= 0.6 is 0 Å². The van der Waals surface area contributed by atoms with Gasteiger partial charge in [0.1, 0.15) is 0 Å². The molecular formula is C13H20N2O. The second-order valence-electron chi connectivity index (χ2n) is 4.37. The third-order valence-corrected chi connectivity index (χ3v) is 2.64. The number of hydrogen-bond donors (Lipinski definition) is 2. The number of carbonyl (C=O) groups excluding carboxylic acids is 1. The van der Waals surface area contributed by atoms with Crippen LogP contribution in [0.5, 0.6) is 0 Å². The summed E-state index contributed by atoms with van der Waals surface area (Å²) in [6, 6.07) is 7.87. The van der Waals surface area contributed by atoms with Gasteiger partial charge in [0.2, 0.25) is 5.91 Å². The summed E-state index contributed by atoms with van der Waals surface area (Å²) in [5.74, 6) is 0.223. The summed E-state index contributed by atoms with van der Waals surface area (Å²) in [6.45, 7) is 6.41. The summed E-state index contributed by atoms with van der Waals surface area (Å²) in [7, 11) is 0. The van der Waals surface area contributed by atoms with Crippen LogP contribution < -0.4 is 11.1 Å². The molecule has 1 aromatic rings. The number of carbonyl (C=O) groups is 1. The van der Waals surface area contributed by atoms with Crippen LogP contribution in [0.2, 0.25) is 0 Å². The molecule has 3 nitrogen and oxygen atoms in total. The van der Waals surface area contributed by atoms with Gasteiger partial charge in [0.25, 0.3) is 0 Å². The van der Waals surface area contributed by atoms with Crippen molar-refractivity contribution in [3.05, 3.63) is 29.8 Å². The molecule has 0 radical (unpaired) electrons. The summed E-state index contributed by atoms with van der Waals surface area (Å²) in [6.07, 6.45) is 0. The molecular weight excluding hydrogens is 200 g/mol. The number of rotatable bonds is 4. The Kier molecular flexibility index (Phi) is 4.50. The molecule has 1 rings (SSSR count). The maximum absolute atomic E-state index is 11.7. The zero-order valence-electron chi connectivity index (χ0n) is 10.2. The van der Waals surface area contributed by atoms with E-state index >= 15 is 0 Å². The van der Waals surface area contributed by atoms with Crippen molar-refractivity contribution < 1.29 is 4.79 Å². The minimum absolute atomic E-state index is 0.0180. The Bertz CT molecular complexity index is 361. The highest BCUT2D eigenvalue weighted by atomic mass is 16.1. The van der Waals surface area contributed by atoms with E-state index in [1.165, 1.54) is 0 Å². The molecule has 0 spiro atoms. The standard InChI is InChI=1S/C13H20N2O/c1-9(2)11-6-4-5-7-12(11)15-13(16)10(3)8-14/h4-7,9-10H,8,14H2,1-3H3,(H,15,16). The highest BCUT2D eigenvalue weighted by Crippen LogP contribution is 2.23. The first kappa shape index (κ1) is 12.7.